The van der Waals surface area contributed by atoms with Crippen molar-refractivity contribution in [1.29, 1.82) is 0 Å². The van der Waals surface area contributed by atoms with Crippen LogP contribution in [0, 0.1) is 0 Å². The topological polar surface area (TPSA) is 93.1 Å². The molecule has 0 bridgehead atoms. The molecule has 0 spiro atoms. The molecule has 0 aliphatic heterocycles. The van der Waals surface area contributed by atoms with E-state index in [0.29, 0.717) is 12.8 Å². The van der Waals surface area contributed by atoms with Crippen molar-refractivity contribution in [3.05, 3.63) is 0 Å². The Morgan fingerprint density at radius 1 is 1.24 bits per heavy atom. The van der Waals surface area contributed by atoms with Crippen molar-refractivity contribution in [3.8, 4) is 0 Å². The van der Waals surface area contributed by atoms with Gasteiger partial charge in [0.1, 0.15) is 0 Å². The molecule has 0 amide bonds. The molecule has 0 rings (SSSR count). The predicted octanol–water partition coefficient (Wildman–Crippen LogP) is 2.35. The van der Waals surface area contributed by atoms with Gasteiger partial charge in [-0.05, 0) is 12.8 Å². The van der Waals surface area contributed by atoms with E-state index in [-0.39, 0.29) is 19.3 Å². The first-order chi connectivity index (χ1) is 7.78. The summed E-state index contributed by atoms with van der Waals surface area (Å²) in [6.07, 6.45) is 1.86. The summed E-state index contributed by atoms with van der Waals surface area (Å²) < 4.78 is 20.6. The molecule has 2 N–H and O–H groups in total. The summed E-state index contributed by atoms with van der Waals surface area (Å²) in [6.45, 7) is 5.30. The van der Waals surface area contributed by atoms with E-state index in [2.05, 4.69) is 4.52 Å². The molecular weight excluding hydrogens is 247 g/mol. The molecule has 102 valence electrons. The number of hydrogen-bond acceptors (Lipinski definition) is 4. The van der Waals surface area contributed by atoms with E-state index < -0.39 is 19.6 Å². The average Bonchev–Trinajstić information content (AvgIpc) is 2.15. The summed E-state index contributed by atoms with van der Waals surface area (Å²) in [6, 6.07) is 0. The van der Waals surface area contributed by atoms with E-state index in [0.717, 1.165) is 0 Å². The number of phosphoric ester groups is 1. The van der Waals surface area contributed by atoms with Crippen LogP contribution in [0.1, 0.15) is 52.9 Å². The highest BCUT2D eigenvalue weighted by Crippen LogP contribution is 2.45. The SMILES string of the molecule is CCCC(=O)OC(CC)(CCC)OP(=O)(O)O. The molecule has 1 unspecified atom stereocenters. The lowest BCUT2D eigenvalue weighted by Crippen LogP contribution is -2.36. The molecule has 1 atom stereocenters. The number of rotatable bonds is 8. The zero-order valence-corrected chi connectivity index (χ0v) is 11.4. The first-order valence-electron chi connectivity index (χ1n) is 5.76. The normalized spacial score (nSPS) is 15.4. The van der Waals surface area contributed by atoms with Gasteiger partial charge in [0.2, 0.25) is 5.79 Å². The third-order valence-corrected chi connectivity index (χ3v) is 2.78. The second kappa shape index (κ2) is 7.11. The van der Waals surface area contributed by atoms with Crippen molar-refractivity contribution in [2.24, 2.45) is 0 Å². The number of carbonyl (C=O) groups excluding carboxylic acids is 1. The van der Waals surface area contributed by atoms with Gasteiger partial charge in [-0.25, -0.2) is 9.09 Å². The lowest BCUT2D eigenvalue weighted by molar-refractivity contribution is -0.206. The van der Waals surface area contributed by atoms with Gasteiger partial charge in [-0.2, -0.15) is 0 Å². The van der Waals surface area contributed by atoms with E-state index in [1.807, 2.05) is 13.8 Å². The summed E-state index contributed by atoms with van der Waals surface area (Å²) in [5.41, 5.74) is 0. The highest BCUT2D eigenvalue weighted by atomic mass is 31.2. The molecule has 7 heteroatoms. The molecular formula is C10H21O6P. The summed E-state index contributed by atoms with van der Waals surface area (Å²) >= 11 is 0. The maximum absolute atomic E-state index is 11.4. The van der Waals surface area contributed by atoms with Crippen molar-refractivity contribution in [2.75, 3.05) is 0 Å². The minimum absolute atomic E-state index is 0.196. The van der Waals surface area contributed by atoms with Crippen LogP contribution in [0.5, 0.6) is 0 Å². The summed E-state index contributed by atoms with van der Waals surface area (Å²) in [5.74, 6) is -2.02. The first-order valence-corrected chi connectivity index (χ1v) is 7.29. The standard InChI is InChI=1S/C10H21O6P/c1-4-7-9(11)15-10(6-3,8-5-2)16-17(12,13)14/h4-8H2,1-3H3,(H2,12,13,14). The third kappa shape index (κ3) is 6.78. The highest BCUT2D eigenvalue weighted by Gasteiger charge is 2.39. The van der Waals surface area contributed by atoms with E-state index in [9.17, 15) is 9.36 Å². The Kier molecular flexibility index (Phi) is 6.94. The zero-order valence-electron chi connectivity index (χ0n) is 10.5. The minimum atomic E-state index is -4.69. The number of hydrogen-bond donors (Lipinski definition) is 2. The quantitative estimate of drug-likeness (QED) is 0.398. The molecule has 0 fully saturated rings. The zero-order chi connectivity index (χ0) is 13.5. The maximum atomic E-state index is 11.4. The molecule has 0 aromatic carbocycles. The van der Waals surface area contributed by atoms with Crippen LogP contribution < -0.4 is 0 Å². The largest absolute Gasteiger partial charge is 0.472 e. The van der Waals surface area contributed by atoms with Crippen LogP contribution in [0.15, 0.2) is 0 Å². The molecule has 0 radical (unpaired) electrons. The van der Waals surface area contributed by atoms with Gasteiger partial charge in [-0.3, -0.25) is 4.79 Å². The highest BCUT2D eigenvalue weighted by molar-refractivity contribution is 7.46. The number of esters is 1. The van der Waals surface area contributed by atoms with E-state index >= 15 is 0 Å². The van der Waals surface area contributed by atoms with Gasteiger partial charge >= 0.3 is 13.8 Å². The Morgan fingerprint density at radius 3 is 2.18 bits per heavy atom. The van der Waals surface area contributed by atoms with Crippen LogP contribution in [-0.2, 0) is 18.6 Å². The van der Waals surface area contributed by atoms with Crippen LogP contribution in [0.3, 0.4) is 0 Å². The molecule has 6 nitrogen and oxygen atoms in total. The minimum Gasteiger partial charge on any atom is -0.432 e. The molecule has 0 aliphatic rings. The molecule has 0 heterocycles. The molecule has 0 saturated carbocycles. The van der Waals surface area contributed by atoms with Gasteiger partial charge in [0.25, 0.3) is 0 Å². The summed E-state index contributed by atoms with van der Waals surface area (Å²) in [5, 5.41) is 0. The molecule has 0 saturated heterocycles. The Morgan fingerprint density at radius 2 is 1.82 bits per heavy atom. The summed E-state index contributed by atoms with van der Waals surface area (Å²) in [7, 11) is -4.69. The number of phosphoric acid groups is 1. The van der Waals surface area contributed by atoms with Crippen molar-refractivity contribution in [1.82, 2.24) is 0 Å². The Balaban J connectivity index is 4.81. The van der Waals surface area contributed by atoms with Crippen LogP contribution in [0.4, 0.5) is 0 Å². The van der Waals surface area contributed by atoms with E-state index in [1.54, 1.807) is 6.92 Å². The van der Waals surface area contributed by atoms with Gasteiger partial charge in [0, 0.05) is 19.3 Å². The van der Waals surface area contributed by atoms with Crippen molar-refractivity contribution < 1.29 is 28.4 Å². The second-order valence-corrected chi connectivity index (χ2v) is 4.98. The Bertz CT molecular complexity index is 287. The average molecular weight is 268 g/mol. The fourth-order valence-corrected chi connectivity index (χ4v) is 2.18. The van der Waals surface area contributed by atoms with Gasteiger partial charge < -0.3 is 14.5 Å². The predicted molar refractivity (Wildman–Crippen MR) is 62.1 cm³/mol. The van der Waals surface area contributed by atoms with Gasteiger partial charge in [-0.15, -0.1) is 0 Å². The van der Waals surface area contributed by atoms with Crippen LogP contribution in [-0.4, -0.2) is 21.5 Å². The molecule has 0 aliphatic carbocycles. The second-order valence-electron chi connectivity index (χ2n) is 3.82. The van der Waals surface area contributed by atoms with Crippen molar-refractivity contribution in [3.63, 3.8) is 0 Å². The van der Waals surface area contributed by atoms with Crippen LogP contribution in [0.2, 0.25) is 0 Å². The number of ether oxygens (including phenoxy) is 1. The molecule has 17 heavy (non-hydrogen) atoms. The van der Waals surface area contributed by atoms with Crippen molar-refractivity contribution in [2.45, 2.75) is 58.7 Å². The van der Waals surface area contributed by atoms with Gasteiger partial charge in [0.15, 0.2) is 0 Å². The third-order valence-electron chi connectivity index (χ3n) is 2.21. The Labute approximate surface area is 102 Å². The van der Waals surface area contributed by atoms with E-state index in [1.165, 1.54) is 0 Å². The van der Waals surface area contributed by atoms with Gasteiger partial charge in [0.05, 0.1) is 0 Å². The lowest BCUT2D eigenvalue weighted by Gasteiger charge is -2.31. The van der Waals surface area contributed by atoms with Gasteiger partial charge in [-0.1, -0.05) is 20.8 Å². The summed E-state index contributed by atoms with van der Waals surface area (Å²) in [4.78, 5) is 29.1. The maximum Gasteiger partial charge on any atom is 0.472 e. The van der Waals surface area contributed by atoms with E-state index in [4.69, 9.17) is 14.5 Å². The Hall–Kier alpha value is -0.420. The van der Waals surface area contributed by atoms with Crippen LogP contribution >= 0.6 is 7.82 Å². The first kappa shape index (κ1) is 16.6. The van der Waals surface area contributed by atoms with Crippen LogP contribution in [0.25, 0.3) is 0 Å². The monoisotopic (exact) mass is 268 g/mol. The fraction of sp³-hybridized carbons (Fsp3) is 0.900. The number of carbonyl (C=O) groups is 1. The molecule has 0 aromatic rings. The molecule has 0 aromatic heterocycles. The smallest absolute Gasteiger partial charge is 0.432 e. The lowest BCUT2D eigenvalue weighted by atomic mass is 10.1. The fourth-order valence-electron chi connectivity index (χ4n) is 1.49. The van der Waals surface area contributed by atoms with Crippen molar-refractivity contribution >= 4 is 13.8 Å².